The normalized spacial score (nSPS) is 37.5. The zero-order valence-electron chi connectivity index (χ0n) is 12.7. The molecule has 0 bridgehead atoms. The molecule has 0 unspecified atom stereocenters. The molecule has 0 aromatic rings. The minimum Gasteiger partial charge on any atom is -0.394 e. The number of urea groups is 1. The number of nitrogens with zero attached hydrogens (tertiary/aromatic N) is 4. The first-order valence-corrected chi connectivity index (χ1v) is 7.90. The first kappa shape index (κ1) is 18.0. The van der Waals surface area contributed by atoms with Crippen LogP contribution in [0.1, 0.15) is 20.3 Å². The summed E-state index contributed by atoms with van der Waals surface area (Å²) < 4.78 is 10.0. The molecule has 11 heteroatoms. The smallest absolute Gasteiger partial charge is 0.328 e. The second-order valence-electron chi connectivity index (χ2n) is 5.37. The third kappa shape index (κ3) is 3.29. The van der Waals surface area contributed by atoms with E-state index in [0.717, 1.165) is 0 Å². The third-order valence-electron chi connectivity index (χ3n) is 3.83. The van der Waals surface area contributed by atoms with Crippen molar-refractivity contribution in [3.63, 3.8) is 0 Å². The highest BCUT2D eigenvalue weighted by Crippen LogP contribution is 2.36. The van der Waals surface area contributed by atoms with Crippen LogP contribution in [-0.2, 0) is 14.3 Å². The van der Waals surface area contributed by atoms with Crippen LogP contribution in [0.2, 0.25) is 0 Å². The number of amides is 3. The highest BCUT2D eigenvalue weighted by Gasteiger charge is 2.54. The lowest BCUT2D eigenvalue weighted by Crippen LogP contribution is -2.69. The van der Waals surface area contributed by atoms with E-state index in [0.29, 0.717) is 0 Å². The number of azide groups is 1. The van der Waals surface area contributed by atoms with Crippen LogP contribution in [0, 0.1) is 0 Å². The Morgan fingerprint density at radius 1 is 1.74 bits per heavy atom. The Morgan fingerprint density at radius 2 is 2.43 bits per heavy atom. The number of ether oxygens (including phenoxy) is 2. The Kier molecular flexibility index (Phi) is 5.48. The molecule has 0 aromatic carbocycles. The zero-order valence-corrected chi connectivity index (χ0v) is 14.3. The summed E-state index contributed by atoms with van der Waals surface area (Å²) in [6, 6.07) is -1.27. The van der Waals surface area contributed by atoms with Gasteiger partial charge in [0.15, 0.2) is 6.23 Å². The summed E-state index contributed by atoms with van der Waals surface area (Å²) in [4.78, 5) is 28.3. The van der Waals surface area contributed by atoms with Gasteiger partial charge in [0.25, 0.3) is 0 Å². The minimum atomic E-state index is -1.16. The predicted octanol–water partition coefficient (Wildman–Crippen LogP) is 0.841. The van der Waals surface area contributed by atoms with Crippen molar-refractivity contribution in [1.29, 1.82) is 0 Å². The average Bonchev–Trinajstić information content (AvgIpc) is 2.88. The van der Waals surface area contributed by atoms with Crippen molar-refractivity contribution in [3.05, 3.63) is 10.4 Å². The molecule has 0 radical (unpaired) electrons. The van der Waals surface area contributed by atoms with Crippen molar-refractivity contribution in [3.8, 4) is 0 Å². The number of alkyl halides is 1. The Labute approximate surface area is 140 Å². The Morgan fingerprint density at radius 3 is 3.00 bits per heavy atom. The fraction of sp³-hybridized carbons (Fsp3) is 0.833. The molecule has 2 heterocycles. The van der Waals surface area contributed by atoms with Crippen LogP contribution in [0.3, 0.4) is 0 Å². The van der Waals surface area contributed by atoms with E-state index in [4.69, 9.17) is 15.0 Å². The summed E-state index contributed by atoms with van der Waals surface area (Å²) in [6.45, 7) is 3.26. The molecule has 3 amide bonds. The van der Waals surface area contributed by atoms with E-state index in [2.05, 4.69) is 31.3 Å². The minimum absolute atomic E-state index is 0.198. The molecule has 10 nitrogen and oxygen atoms in total. The first-order valence-electron chi connectivity index (χ1n) is 7.11. The summed E-state index contributed by atoms with van der Waals surface area (Å²) >= 11 is 3.30. The number of carbonyl (C=O) groups excluding carboxylic acids is 2. The summed E-state index contributed by atoms with van der Waals surface area (Å²) in [5, 5.41) is 15.2. The Balaban J connectivity index is 2.29. The monoisotopic (exact) mass is 393 g/mol. The molecule has 2 saturated heterocycles. The molecule has 0 aromatic heterocycles. The zero-order chi connectivity index (χ0) is 17.2. The van der Waals surface area contributed by atoms with Crippen LogP contribution < -0.4 is 5.32 Å². The van der Waals surface area contributed by atoms with E-state index >= 15 is 0 Å². The van der Waals surface area contributed by atoms with Crippen molar-refractivity contribution in [2.45, 2.75) is 49.2 Å². The number of hydrogen-bond donors (Lipinski definition) is 2. The van der Waals surface area contributed by atoms with Crippen molar-refractivity contribution in [2.75, 3.05) is 13.2 Å². The lowest BCUT2D eigenvalue weighted by atomic mass is 10.1. The summed E-state index contributed by atoms with van der Waals surface area (Å²) in [6.07, 6.45) is -2.21. The second-order valence-corrected chi connectivity index (χ2v) is 7.02. The number of rotatable bonds is 5. The number of hydrogen-bond acceptors (Lipinski definition) is 6. The fourth-order valence-electron chi connectivity index (χ4n) is 2.68. The molecular formula is C12H18BrN5O5. The number of aliphatic hydroxyl groups is 1. The van der Waals surface area contributed by atoms with Crippen LogP contribution in [0.4, 0.5) is 4.79 Å². The molecule has 23 heavy (non-hydrogen) atoms. The molecule has 2 fully saturated rings. The van der Waals surface area contributed by atoms with Gasteiger partial charge in [0.2, 0.25) is 5.91 Å². The average molecular weight is 394 g/mol. The van der Waals surface area contributed by atoms with Gasteiger partial charge in [0, 0.05) is 17.9 Å². The summed E-state index contributed by atoms with van der Waals surface area (Å²) in [5.74, 6) is -0.513. The highest BCUT2D eigenvalue weighted by atomic mass is 79.9. The van der Waals surface area contributed by atoms with Crippen molar-refractivity contribution >= 4 is 27.9 Å². The maximum Gasteiger partial charge on any atom is 0.328 e. The summed E-state index contributed by atoms with van der Waals surface area (Å²) in [5.41, 5.74) is 8.59. The van der Waals surface area contributed by atoms with E-state index in [-0.39, 0.29) is 19.6 Å². The number of nitrogens with one attached hydrogen (secondary N) is 1. The van der Waals surface area contributed by atoms with Gasteiger partial charge in [-0.05, 0) is 19.4 Å². The van der Waals surface area contributed by atoms with Crippen molar-refractivity contribution < 1.29 is 24.2 Å². The summed E-state index contributed by atoms with van der Waals surface area (Å²) in [7, 11) is 0. The van der Waals surface area contributed by atoms with E-state index in [1.807, 2.05) is 0 Å². The molecule has 0 spiro atoms. The third-order valence-corrected chi connectivity index (χ3v) is 4.59. The topological polar surface area (TPSA) is 137 Å². The Bertz CT molecular complexity index is 538. The van der Waals surface area contributed by atoms with Gasteiger partial charge in [0.05, 0.1) is 18.8 Å². The van der Waals surface area contributed by atoms with Crippen LogP contribution in [-0.4, -0.2) is 64.1 Å². The van der Waals surface area contributed by atoms with E-state index in [1.165, 1.54) is 4.90 Å². The molecular weight excluding hydrogens is 376 g/mol. The highest BCUT2D eigenvalue weighted by molar-refractivity contribution is 9.10. The van der Waals surface area contributed by atoms with Crippen molar-refractivity contribution in [1.82, 2.24) is 10.2 Å². The molecule has 2 rings (SSSR count). The predicted molar refractivity (Wildman–Crippen MR) is 81.4 cm³/mol. The van der Waals surface area contributed by atoms with Gasteiger partial charge >= 0.3 is 6.03 Å². The van der Waals surface area contributed by atoms with Crippen LogP contribution in [0.5, 0.6) is 0 Å². The molecule has 0 saturated carbocycles. The lowest BCUT2D eigenvalue weighted by molar-refractivity contribution is -0.158. The SMILES string of the molecule is CCO[C@@H]1N([C@H]2C[C@H](N=[N+]=[N-])[C@@H](CO)O2)[14C](=O)NC(=O)[C@@]1(C)Br. The molecule has 128 valence electrons. The quantitative estimate of drug-likeness (QED) is 0.308. The second kappa shape index (κ2) is 7.02. The maximum absolute atomic E-state index is 12.3. The van der Waals surface area contributed by atoms with Crippen LogP contribution in [0.15, 0.2) is 5.11 Å². The van der Waals surface area contributed by atoms with Gasteiger partial charge in [-0.2, -0.15) is 0 Å². The fourth-order valence-corrected chi connectivity index (χ4v) is 3.13. The van der Waals surface area contributed by atoms with Gasteiger partial charge in [-0.25, -0.2) is 4.79 Å². The van der Waals surface area contributed by atoms with Crippen LogP contribution >= 0.6 is 15.9 Å². The molecule has 2 N–H and O–H groups in total. The molecule has 0 aliphatic carbocycles. The largest absolute Gasteiger partial charge is 0.394 e. The van der Waals surface area contributed by atoms with E-state index < -0.39 is 40.9 Å². The number of halogens is 1. The molecule has 2 aliphatic rings. The van der Waals surface area contributed by atoms with Gasteiger partial charge in [-0.15, -0.1) is 0 Å². The van der Waals surface area contributed by atoms with Gasteiger partial charge in [-0.3, -0.25) is 15.0 Å². The first-order chi connectivity index (χ1) is 10.9. The lowest BCUT2D eigenvalue weighted by Gasteiger charge is -2.45. The van der Waals surface area contributed by atoms with Gasteiger partial charge in [-0.1, -0.05) is 21.0 Å². The number of imide groups is 1. The van der Waals surface area contributed by atoms with Gasteiger partial charge < -0.3 is 14.6 Å². The number of carbonyl (C=O) groups is 2. The van der Waals surface area contributed by atoms with E-state index in [9.17, 15) is 14.7 Å². The maximum atomic E-state index is 12.3. The molecule has 5 atom stereocenters. The van der Waals surface area contributed by atoms with Gasteiger partial charge in [0.1, 0.15) is 10.6 Å². The molecule has 2 aliphatic heterocycles. The standard InChI is InChI=1S/C12H18BrN5O5/c1-3-22-10-12(2,13)9(20)15-11(21)18(10)8-4-6(16-17-14)7(5-19)23-8/h6-8,10,19H,3-5H2,1-2H3,(H,15,20,21)/t6-,7+,8+,10-,12+/m0/s1/i11+2. The Hall–Kier alpha value is -1.39. The van der Waals surface area contributed by atoms with E-state index in [1.54, 1.807) is 13.8 Å². The number of aliphatic hydroxyl groups excluding tert-OH is 1. The van der Waals surface area contributed by atoms with Crippen LogP contribution in [0.25, 0.3) is 10.4 Å². The van der Waals surface area contributed by atoms with Crippen molar-refractivity contribution in [2.24, 2.45) is 5.11 Å².